The molecular formula is C26H35N7O5S. The zero-order valence-corrected chi connectivity index (χ0v) is 24.0. The molecule has 0 bridgehead atoms. The quantitative estimate of drug-likeness (QED) is 0.383. The summed E-state index contributed by atoms with van der Waals surface area (Å²) >= 11 is 0. The van der Waals surface area contributed by atoms with E-state index < -0.39 is 15.6 Å². The molecule has 3 aromatic rings. The van der Waals surface area contributed by atoms with E-state index in [0.29, 0.717) is 22.8 Å². The average molecular weight is 558 g/mol. The van der Waals surface area contributed by atoms with Crippen molar-refractivity contribution >= 4 is 27.5 Å². The van der Waals surface area contributed by atoms with Crippen LogP contribution in [0.3, 0.4) is 0 Å². The maximum Gasteiger partial charge on any atom is 0.236 e. The van der Waals surface area contributed by atoms with Crippen molar-refractivity contribution in [2.24, 2.45) is 0 Å². The Kier molecular flexibility index (Phi) is 8.38. The van der Waals surface area contributed by atoms with E-state index in [-0.39, 0.29) is 35.0 Å². The minimum Gasteiger partial charge on any atom is -0.497 e. The average Bonchev–Trinajstić information content (AvgIpc) is 3.33. The van der Waals surface area contributed by atoms with Crippen molar-refractivity contribution in [2.45, 2.75) is 49.8 Å². The number of hydrogen-bond donors (Lipinski definition) is 0. The molecule has 3 heterocycles. The van der Waals surface area contributed by atoms with E-state index in [1.165, 1.54) is 7.11 Å². The molecule has 4 rings (SSSR count). The Labute approximate surface area is 228 Å². The van der Waals surface area contributed by atoms with Crippen molar-refractivity contribution < 1.29 is 22.5 Å². The lowest BCUT2D eigenvalue weighted by Gasteiger charge is -2.37. The minimum absolute atomic E-state index is 0.0188. The SMILES string of the molecule is COc1cc(C)c(S(=O)(=O)Cc2noc(CC(=O)N(C)C3CCN(c4ccnc(N(C)C)n4)CC3)n2)c(C)c1. The van der Waals surface area contributed by atoms with Gasteiger partial charge in [0, 0.05) is 46.5 Å². The molecule has 1 amide bonds. The highest BCUT2D eigenvalue weighted by Crippen LogP contribution is 2.28. The van der Waals surface area contributed by atoms with Gasteiger partial charge in [0.15, 0.2) is 15.7 Å². The Morgan fingerprint density at radius 3 is 2.41 bits per heavy atom. The first-order valence-electron chi connectivity index (χ1n) is 12.7. The van der Waals surface area contributed by atoms with Crippen LogP contribution in [-0.2, 0) is 26.8 Å². The normalized spacial score (nSPS) is 14.4. The summed E-state index contributed by atoms with van der Waals surface area (Å²) in [5.41, 5.74) is 1.16. The van der Waals surface area contributed by atoms with Gasteiger partial charge in [0.05, 0.1) is 12.0 Å². The molecule has 0 aliphatic carbocycles. The van der Waals surface area contributed by atoms with E-state index in [1.54, 1.807) is 44.1 Å². The lowest BCUT2D eigenvalue weighted by molar-refractivity contribution is -0.132. The summed E-state index contributed by atoms with van der Waals surface area (Å²) in [7, 11) is 3.38. The van der Waals surface area contributed by atoms with Crippen LogP contribution in [0, 0.1) is 13.8 Å². The van der Waals surface area contributed by atoms with Gasteiger partial charge in [-0.1, -0.05) is 5.16 Å². The number of carbonyl (C=O) groups is 1. The Hall–Kier alpha value is -3.74. The largest absolute Gasteiger partial charge is 0.497 e. The number of rotatable bonds is 9. The minimum atomic E-state index is -3.74. The summed E-state index contributed by atoms with van der Waals surface area (Å²) in [5.74, 6) is 1.64. The van der Waals surface area contributed by atoms with Gasteiger partial charge in [0.2, 0.25) is 17.7 Å². The van der Waals surface area contributed by atoms with Crippen LogP contribution in [0.25, 0.3) is 0 Å². The van der Waals surface area contributed by atoms with Crippen molar-refractivity contribution in [3.05, 3.63) is 47.2 Å². The lowest BCUT2D eigenvalue weighted by atomic mass is 10.0. The summed E-state index contributed by atoms with van der Waals surface area (Å²) < 4.78 is 36.7. The van der Waals surface area contributed by atoms with Gasteiger partial charge in [0.25, 0.3) is 0 Å². The Balaban J connectivity index is 1.34. The Morgan fingerprint density at radius 2 is 1.79 bits per heavy atom. The van der Waals surface area contributed by atoms with Gasteiger partial charge >= 0.3 is 0 Å². The number of amides is 1. The number of methoxy groups -OCH3 is 1. The van der Waals surface area contributed by atoms with E-state index in [1.807, 2.05) is 25.1 Å². The maximum atomic E-state index is 13.1. The molecule has 0 atom stereocenters. The molecule has 1 fully saturated rings. The third kappa shape index (κ3) is 6.47. The second-order valence-electron chi connectivity index (χ2n) is 9.96. The fourth-order valence-electron chi connectivity index (χ4n) is 4.85. The Morgan fingerprint density at radius 1 is 1.13 bits per heavy atom. The number of sulfone groups is 1. The van der Waals surface area contributed by atoms with Crippen molar-refractivity contribution in [1.29, 1.82) is 0 Å². The van der Waals surface area contributed by atoms with Crippen LogP contribution < -0.4 is 14.5 Å². The molecule has 13 heteroatoms. The number of nitrogens with zero attached hydrogens (tertiary/aromatic N) is 7. The van der Waals surface area contributed by atoms with Gasteiger partial charge in [-0.15, -0.1) is 0 Å². The molecule has 210 valence electrons. The van der Waals surface area contributed by atoms with Crippen molar-refractivity contribution in [2.75, 3.05) is 51.1 Å². The highest BCUT2D eigenvalue weighted by atomic mass is 32.2. The van der Waals surface area contributed by atoms with Crippen LogP contribution in [-0.4, -0.2) is 86.7 Å². The number of carbonyl (C=O) groups excluding carboxylic acids is 1. The van der Waals surface area contributed by atoms with Gasteiger partial charge in [0.1, 0.15) is 23.7 Å². The molecular weight excluding hydrogens is 522 g/mol. The molecule has 12 nitrogen and oxygen atoms in total. The lowest BCUT2D eigenvalue weighted by Crippen LogP contribution is -2.46. The first-order valence-corrected chi connectivity index (χ1v) is 14.3. The molecule has 2 aromatic heterocycles. The molecule has 0 N–H and O–H groups in total. The van der Waals surface area contributed by atoms with E-state index in [2.05, 4.69) is 25.0 Å². The molecule has 0 unspecified atom stereocenters. The molecule has 0 radical (unpaired) electrons. The van der Waals surface area contributed by atoms with Gasteiger partial charge in [-0.2, -0.15) is 9.97 Å². The second kappa shape index (κ2) is 11.6. The summed E-state index contributed by atoms with van der Waals surface area (Å²) in [6.07, 6.45) is 3.24. The van der Waals surface area contributed by atoms with Gasteiger partial charge in [-0.25, -0.2) is 13.4 Å². The van der Waals surface area contributed by atoms with Gasteiger partial charge < -0.3 is 24.0 Å². The first-order chi connectivity index (χ1) is 18.5. The number of hydrogen-bond acceptors (Lipinski definition) is 11. The molecule has 1 aliphatic heterocycles. The zero-order chi connectivity index (χ0) is 28.3. The summed E-state index contributed by atoms with van der Waals surface area (Å²) in [5, 5.41) is 3.82. The Bertz CT molecular complexity index is 1410. The topological polar surface area (TPSA) is 135 Å². The smallest absolute Gasteiger partial charge is 0.236 e. The number of anilines is 2. The van der Waals surface area contributed by atoms with Gasteiger partial charge in [-0.05, 0) is 56.0 Å². The molecule has 1 aromatic carbocycles. The number of aryl methyl sites for hydroxylation is 2. The van der Waals surface area contributed by atoms with Crippen LogP contribution in [0.2, 0.25) is 0 Å². The van der Waals surface area contributed by atoms with Crippen LogP contribution in [0.1, 0.15) is 35.7 Å². The number of aromatic nitrogens is 4. The van der Waals surface area contributed by atoms with Crippen LogP contribution in [0.4, 0.5) is 11.8 Å². The standard InChI is InChI=1S/C26H35N7O5S/c1-17-13-20(37-6)14-18(2)25(17)39(35,36)16-21-28-23(38-30-21)15-24(34)32(5)19-8-11-33(12-9-19)22-7-10-27-26(29-22)31(3)4/h7,10,13-14,19H,8-9,11-12,15-16H2,1-6H3. The highest BCUT2D eigenvalue weighted by molar-refractivity contribution is 7.90. The van der Waals surface area contributed by atoms with Gasteiger partial charge in [-0.3, -0.25) is 4.79 Å². The van der Waals surface area contributed by atoms with E-state index in [9.17, 15) is 13.2 Å². The summed E-state index contributed by atoms with van der Waals surface area (Å²) in [4.78, 5) is 32.0. The summed E-state index contributed by atoms with van der Waals surface area (Å²) in [6.45, 7) is 4.97. The second-order valence-corrected chi connectivity index (χ2v) is 11.9. The van der Waals surface area contributed by atoms with Crippen molar-refractivity contribution in [3.63, 3.8) is 0 Å². The highest BCUT2D eigenvalue weighted by Gasteiger charge is 2.28. The van der Waals surface area contributed by atoms with Crippen LogP contribution in [0.5, 0.6) is 5.75 Å². The number of likely N-dealkylation sites (N-methyl/N-ethyl adjacent to an activating group) is 1. The molecule has 0 spiro atoms. The fraction of sp³-hybridized carbons (Fsp3) is 0.500. The molecule has 1 saturated heterocycles. The maximum absolute atomic E-state index is 13.1. The van der Waals surface area contributed by atoms with E-state index in [4.69, 9.17) is 9.26 Å². The number of benzene rings is 1. The molecule has 39 heavy (non-hydrogen) atoms. The molecule has 0 saturated carbocycles. The van der Waals surface area contributed by atoms with E-state index >= 15 is 0 Å². The van der Waals surface area contributed by atoms with Crippen molar-refractivity contribution in [3.8, 4) is 5.75 Å². The van der Waals surface area contributed by atoms with Crippen LogP contribution in [0.15, 0.2) is 33.8 Å². The third-order valence-electron chi connectivity index (χ3n) is 6.87. The predicted octanol–water partition coefficient (Wildman–Crippen LogP) is 2.19. The predicted molar refractivity (Wildman–Crippen MR) is 146 cm³/mol. The van der Waals surface area contributed by atoms with Crippen LogP contribution >= 0.6 is 0 Å². The van der Waals surface area contributed by atoms with E-state index in [0.717, 1.165) is 31.7 Å². The monoisotopic (exact) mass is 557 g/mol. The van der Waals surface area contributed by atoms with Crippen molar-refractivity contribution in [1.82, 2.24) is 25.0 Å². The fourth-order valence-corrected chi connectivity index (χ4v) is 6.55. The zero-order valence-electron chi connectivity index (χ0n) is 23.2. The summed E-state index contributed by atoms with van der Waals surface area (Å²) in [6, 6.07) is 5.31. The molecule has 1 aliphatic rings. The first kappa shape index (κ1) is 28.3. The number of piperidine rings is 1. The third-order valence-corrected chi connectivity index (χ3v) is 8.77. The number of ether oxygens (including phenoxy) is 1.